The molecule has 6 nitrogen and oxygen atoms in total. The van der Waals surface area contributed by atoms with Gasteiger partial charge in [0.1, 0.15) is 11.6 Å². The maximum Gasteiger partial charge on any atom is 0.269 e. The Bertz CT molecular complexity index is 1230. The lowest BCUT2D eigenvalue weighted by atomic mass is 10.2. The van der Waals surface area contributed by atoms with E-state index >= 15 is 0 Å². The summed E-state index contributed by atoms with van der Waals surface area (Å²) < 4.78 is 20.5. The predicted molar refractivity (Wildman–Crippen MR) is 110 cm³/mol. The van der Waals surface area contributed by atoms with Crippen LogP contribution in [0.3, 0.4) is 0 Å². The van der Waals surface area contributed by atoms with Crippen LogP contribution in [0.5, 0.6) is 0 Å². The van der Waals surface area contributed by atoms with Gasteiger partial charge in [-0.3, -0.25) is 14.9 Å². The highest BCUT2D eigenvalue weighted by Gasteiger charge is 2.11. The maximum absolute atomic E-state index is 13.1. The zero-order chi connectivity index (χ0) is 21.1. The van der Waals surface area contributed by atoms with Crippen LogP contribution in [0.4, 0.5) is 10.1 Å². The van der Waals surface area contributed by atoms with Crippen molar-refractivity contribution < 1.29 is 18.5 Å². The predicted octanol–water partition coefficient (Wildman–Crippen LogP) is 5.68. The number of furan rings is 1. The molecular weight excluding hydrogens is 387 g/mol. The molecule has 7 heteroatoms. The lowest BCUT2D eigenvalue weighted by Crippen LogP contribution is -1.96. The molecule has 0 spiro atoms. The largest absolute Gasteiger partial charge is 0.453 e. The van der Waals surface area contributed by atoms with Gasteiger partial charge in [-0.15, -0.1) is 0 Å². The normalized spacial score (nSPS) is 11.1. The first-order valence-electron chi connectivity index (χ1n) is 9.01. The summed E-state index contributed by atoms with van der Waals surface area (Å²) in [5, 5.41) is 10.8. The number of nitro benzene ring substituents is 1. The third-order valence-electron chi connectivity index (χ3n) is 4.50. The summed E-state index contributed by atoms with van der Waals surface area (Å²) in [5.41, 5.74) is 2.14. The van der Waals surface area contributed by atoms with Gasteiger partial charge in [-0.1, -0.05) is 0 Å². The van der Waals surface area contributed by atoms with Crippen LogP contribution in [0.1, 0.15) is 16.2 Å². The number of aromatic nitrogens is 1. The molecule has 0 atom stereocenters. The Balaban J connectivity index is 1.52. The lowest BCUT2D eigenvalue weighted by molar-refractivity contribution is -0.384. The van der Waals surface area contributed by atoms with E-state index in [1.807, 2.05) is 12.1 Å². The monoisotopic (exact) mass is 402 g/mol. The lowest BCUT2D eigenvalue weighted by Gasteiger charge is -2.06. The highest BCUT2D eigenvalue weighted by atomic mass is 19.1. The zero-order valence-electron chi connectivity index (χ0n) is 15.6. The summed E-state index contributed by atoms with van der Waals surface area (Å²) in [6.45, 7) is 0. The van der Waals surface area contributed by atoms with Gasteiger partial charge in [0.25, 0.3) is 5.69 Å². The van der Waals surface area contributed by atoms with Crippen molar-refractivity contribution in [3.8, 4) is 17.0 Å². The number of carbonyl (C=O) groups excluding carboxylic acids is 1. The number of hydrogen-bond acceptors (Lipinski definition) is 4. The van der Waals surface area contributed by atoms with E-state index in [0.717, 1.165) is 11.4 Å². The van der Waals surface area contributed by atoms with Gasteiger partial charge < -0.3 is 8.98 Å². The topological polar surface area (TPSA) is 78.3 Å². The quantitative estimate of drug-likeness (QED) is 0.180. The van der Waals surface area contributed by atoms with E-state index in [2.05, 4.69) is 0 Å². The molecule has 0 amide bonds. The number of halogens is 1. The van der Waals surface area contributed by atoms with Crippen molar-refractivity contribution in [2.75, 3.05) is 0 Å². The van der Waals surface area contributed by atoms with Gasteiger partial charge in [-0.25, -0.2) is 4.39 Å². The Labute approximate surface area is 170 Å². The smallest absolute Gasteiger partial charge is 0.269 e. The van der Waals surface area contributed by atoms with Crippen LogP contribution in [-0.2, 0) is 0 Å². The maximum atomic E-state index is 13.1. The van der Waals surface area contributed by atoms with Crippen LogP contribution < -0.4 is 0 Å². The molecule has 2 heterocycles. The molecule has 0 aliphatic heterocycles. The van der Waals surface area contributed by atoms with Gasteiger partial charge in [-0.2, -0.15) is 0 Å². The first-order chi connectivity index (χ1) is 14.5. The Morgan fingerprint density at radius 1 is 1.00 bits per heavy atom. The number of allylic oxidation sites excluding steroid dienone is 1. The average molecular weight is 402 g/mol. The molecule has 0 unspecified atom stereocenters. The molecule has 0 fully saturated rings. The molecule has 0 saturated heterocycles. The number of ketones is 1. The number of hydrogen-bond donors (Lipinski definition) is 0. The van der Waals surface area contributed by atoms with Gasteiger partial charge in [0.2, 0.25) is 5.78 Å². The molecule has 2 aromatic carbocycles. The van der Waals surface area contributed by atoms with Gasteiger partial charge in [0.05, 0.1) is 4.92 Å². The third-order valence-corrected chi connectivity index (χ3v) is 4.50. The van der Waals surface area contributed by atoms with Gasteiger partial charge in [0.15, 0.2) is 5.76 Å². The van der Waals surface area contributed by atoms with Crippen LogP contribution in [0, 0.1) is 15.9 Å². The summed E-state index contributed by atoms with van der Waals surface area (Å²) in [7, 11) is 0. The van der Waals surface area contributed by atoms with Gasteiger partial charge in [-0.05, 0) is 72.8 Å². The van der Waals surface area contributed by atoms with E-state index in [1.165, 1.54) is 30.3 Å². The van der Waals surface area contributed by atoms with Crippen molar-refractivity contribution in [1.82, 2.24) is 4.57 Å². The SMILES string of the molecule is O=C(/C=C/c1cccn1-c1ccc([N+](=O)[O-])cc1)c1ccc(-c2ccc(F)cc2)o1. The second kappa shape index (κ2) is 8.00. The molecule has 0 aliphatic carbocycles. The van der Waals surface area contributed by atoms with Crippen molar-refractivity contribution in [3.05, 3.63) is 112 Å². The fourth-order valence-corrected chi connectivity index (χ4v) is 2.98. The number of non-ortho nitro benzene ring substituents is 1. The zero-order valence-corrected chi connectivity index (χ0v) is 15.6. The number of benzene rings is 2. The molecule has 4 rings (SSSR count). The summed E-state index contributed by atoms with van der Waals surface area (Å²) in [4.78, 5) is 22.8. The molecule has 0 radical (unpaired) electrons. The first-order valence-corrected chi connectivity index (χ1v) is 9.01. The van der Waals surface area contributed by atoms with Gasteiger partial charge in [0, 0.05) is 35.3 Å². The van der Waals surface area contributed by atoms with Crippen LogP contribution in [0.25, 0.3) is 23.1 Å². The van der Waals surface area contributed by atoms with Crippen molar-refractivity contribution in [2.45, 2.75) is 0 Å². The standard InChI is InChI=1S/C23H15FN2O4/c24-17-5-3-16(4-6-17)22-13-14-23(30-22)21(27)12-11-18-2-1-15-25(18)19-7-9-20(10-8-19)26(28)29/h1-15H/b12-11+. The van der Waals surface area contributed by atoms with Crippen molar-refractivity contribution in [3.63, 3.8) is 0 Å². The third kappa shape index (κ3) is 3.95. The van der Waals surface area contributed by atoms with E-state index in [4.69, 9.17) is 4.42 Å². The van der Waals surface area contributed by atoms with E-state index in [9.17, 15) is 19.3 Å². The number of nitrogens with zero attached hydrogens (tertiary/aromatic N) is 2. The van der Waals surface area contributed by atoms with Crippen LogP contribution >= 0.6 is 0 Å². The molecule has 4 aromatic rings. The summed E-state index contributed by atoms with van der Waals surface area (Å²) in [6.07, 6.45) is 4.83. The molecule has 0 bridgehead atoms. The van der Waals surface area contributed by atoms with E-state index < -0.39 is 4.92 Å². The Morgan fingerprint density at radius 3 is 2.43 bits per heavy atom. The molecule has 0 N–H and O–H groups in total. The highest BCUT2D eigenvalue weighted by Crippen LogP contribution is 2.23. The number of rotatable bonds is 6. The fraction of sp³-hybridized carbons (Fsp3) is 0. The molecule has 148 valence electrons. The number of nitro groups is 1. The van der Waals surface area contributed by atoms with Crippen molar-refractivity contribution in [1.29, 1.82) is 0 Å². The van der Waals surface area contributed by atoms with Crippen molar-refractivity contribution >= 4 is 17.5 Å². The summed E-state index contributed by atoms with van der Waals surface area (Å²) in [6, 6.07) is 18.8. The minimum absolute atomic E-state index is 0.00736. The Kier molecular flexibility index (Phi) is 5.09. The van der Waals surface area contributed by atoms with E-state index in [1.54, 1.807) is 53.2 Å². The second-order valence-electron chi connectivity index (χ2n) is 6.44. The second-order valence-corrected chi connectivity index (χ2v) is 6.44. The van der Waals surface area contributed by atoms with Crippen LogP contribution in [0.15, 0.2) is 89.5 Å². The molecular formula is C23H15FN2O4. The summed E-state index contributed by atoms with van der Waals surface area (Å²) in [5.74, 6) is -0.0274. The van der Waals surface area contributed by atoms with Gasteiger partial charge >= 0.3 is 0 Å². The minimum Gasteiger partial charge on any atom is -0.453 e. The van der Waals surface area contributed by atoms with Crippen LogP contribution in [0.2, 0.25) is 0 Å². The van der Waals surface area contributed by atoms with E-state index in [-0.39, 0.29) is 23.0 Å². The minimum atomic E-state index is -0.456. The molecule has 2 aromatic heterocycles. The Hall–Kier alpha value is -4.26. The average Bonchev–Trinajstić information content (AvgIpc) is 3.42. The fourth-order valence-electron chi connectivity index (χ4n) is 2.98. The molecule has 0 saturated carbocycles. The Morgan fingerprint density at radius 2 is 1.73 bits per heavy atom. The molecule has 30 heavy (non-hydrogen) atoms. The van der Waals surface area contributed by atoms with Crippen molar-refractivity contribution in [2.24, 2.45) is 0 Å². The number of carbonyl (C=O) groups is 1. The van der Waals surface area contributed by atoms with Crippen LogP contribution in [-0.4, -0.2) is 15.3 Å². The summed E-state index contributed by atoms with van der Waals surface area (Å²) >= 11 is 0. The first kappa shape index (κ1) is 19.1. The van der Waals surface area contributed by atoms with E-state index in [0.29, 0.717) is 11.3 Å². The molecule has 0 aliphatic rings. The highest BCUT2D eigenvalue weighted by molar-refractivity contribution is 6.05.